The fraction of sp³-hybridized carbons (Fsp3) is 0.171. The molecule has 256 valence electrons. The molecule has 5 rings (SSSR count). The second kappa shape index (κ2) is 15.0. The van der Waals surface area contributed by atoms with Gasteiger partial charge >= 0.3 is 17.8 Å². The third-order valence-electron chi connectivity index (χ3n) is 7.62. The molecule has 0 aliphatic heterocycles. The summed E-state index contributed by atoms with van der Waals surface area (Å²) in [6.45, 7) is 0.0438. The number of carbonyl (C=O) groups is 1. The molecule has 0 saturated heterocycles. The smallest absolute Gasteiger partial charge is 0.416 e. The highest BCUT2D eigenvalue weighted by molar-refractivity contribution is 5.90. The lowest BCUT2D eigenvalue weighted by atomic mass is 10.0. The maximum absolute atomic E-state index is 15.3. The highest BCUT2D eigenvalue weighted by atomic mass is 19.4. The van der Waals surface area contributed by atoms with Crippen LogP contribution >= 0.6 is 0 Å². The van der Waals surface area contributed by atoms with Crippen LogP contribution in [0, 0.1) is 18.6 Å². The average Bonchev–Trinajstić information content (AvgIpc) is 3.06. The van der Waals surface area contributed by atoms with Crippen LogP contribution in [0.25, 0.3) is 11.1 Å². The van der Waals surface area contributed by atoms with Gasteiger partial charge in [-0.3, -0.25) is 13.9 Å². The molecule has 49 heavy (non-hydrogen) atoms. The number of carboxylic acids is 1. The molecule has 1 atom stereocenters. The Morgan fingerprint density at radius 2 is 1.53 bits per heavy atom. The van der Waals surface area contributed by atoms with Crippen LogP contribution < -0.4 is 21.7 Å². The highest BCUT2D eigenvalue weighted by Crippen LogP contribution is 2.34. The largest absolute Gasteiger partial charge is 0.507 e. The van der Waals surface area contributed by atoms with E-state index in [0.717, 1.165) is 21.3 Å². The minimum atomic E-state index is -4.92. The lowest BCUT2D eigenvalue weighted by molar-refractivity contribution is -0.138. The van der Waals surface area contributed by atoms with Crippen molar-refractivity contribution >= 4 is 5.97 Å². The molecule has 0 radical (unpaired) electrons. The fourth-order valence-electron chi connectivity index (χ4n) is 5.12. The summed E-state index contributed by atoms with van der Waals surface area (Å²) in [6, 6.07) is 19.9. The van der Waals surface area contributed by atoms with Gasteiger partial charge in [-0.15, -0.1) is 0 Å². The Morgan fingerprint density at radius 3 is 2.12 bits per heavy atom. The van der Waals surface area contributed by atoms with Gasteiger partial charge in [-0.1, -0.05) is 60.7 Å². The molecule has 4 aromatic carbocycles. The van der Waals surface area contributed by atoms with Gasteiger partial charge in [0.05, 0.1) is 31.3 Å². The van der Waals surface area contributed by atoms with Gasteiger partial charge in [0.25, 0.3) is 5.56 Å². The van der Waals surface area contributed by atoms with Crippen molar-refractivity contribution in [3.05, 3.63) is 151 Å². The summed E-state index contributed by atoms with van der Waals surface area (Å²) in [5.41, 5.74) is 2.09. The zero-order chi connectivity index (χ0) is 36.0. The number of methoxy groups -OCH3 is 1. The number of benzene rings is 4. The molecule has 14 heteroatoms. The van der Waals surface area contributed by atoms with Crippen LogP contribution in [0.4, 0.5) is 22.0 Å². The Morgan fingerprint density at radius 1 is 0.898 bits per heavy atom. The van der Waals surface area contributed by atoms with Gasteiger partial charge in [0.15, 0.2) is 11.6 Å². The number of rotatable bonds is 8. The topological polar surface area (TPSA) is 137 Å². The number of phenols is 1. The monoisotopic (exact) mass is 683 g/mol. The molecule has 9 nitrogen and oxygen atoms in total. The van der Waals surface area contributed by atoms with Crippen LogP contribution in [-0.2, 0) is 19.3 Å². The number of alkyl halides is 3. The zero-order valence-corrected chi connectivity index (χ0v) is 26.0. The SMILES string of the molecule is COc1cccc(-c2c(C)n(Cc3c(F)cccc3C(F)(F)F)c(=O)n(C[C@H](N)c3ccccc3)c2=O)c1F.O=C(O)c1ccccc1O. The van der Waals surface area contributed by atoms with E-state index in [1.54, 1.807) is 42.5 Å². The molecule has 0 fully saturated rings. The van der Waals surface area contributed by atoms with Crippen LogP contribution in [-0.4, -0.2) is 32.4 Å². The van der Waals surface area contributed by atoms with Crippen molar-refractivity contribution in [1.82, 2.24) is 9.13 Å². The molecule has 0 bridgehead atoms. The van der Waals surface area contributed by atoms with Gasteiger partial charge in [-0.2, -0.15) is 13.2 Å². The predicted molar refractivity (Wildman–Crippen MR) is 171 cm³/mol. The van der Waals surface area contributed by atoms with Crippen molar-refractivity contribution in [2.45, 2.75) is 32.2 Å². The minimum absolute atomic E-state index is 0.0671. The van der Waals surface area contributed by atoms with Crippen LogP contribution in [0.2, 0.25) is 0 Å². The number of carboxylic acid groups (broad SMARTS) is 1. The van der Waals surface area contributed by atoms with E-state index in [-0.39, 0.29) is 40.4 Å². The number of nitrogens with zero attached hydrogens (tertiary/aromatic N) is 2. The van der Waals surface area contributed by atoms with Gasteiger partial charge < -0.3 is 20.7 Å². The van der Waals surface area contributed by atoms with Crippen molar-refractivity contribution in [3.63, 3.8) is 0 Å². The number of para-hydroxylation sites is 1. The van der Waals surface area contributed by atoms with Gasteiger partial charge in [0.1, 0.15) is 17.1 Å². The van der Waals surface area contributed by atoms with Crippen molar-refractivity contribution in [2.75, 3.05) is 7.11 Å². The van der Waals surface area contributed by atoms with Gasteiger partial charge in [-0.05, 0) is 42.8 Å². The van der Waals surface area contributed by atoms with Crippen LogP contribution in [0.3, 0.4) is 0 Å². The number of aromatic hydroxyl groups is 1. The maximum atomic E-state index is 15.3. The summed E-state index contributed by atoms with van der Waals surface area (Å²) in [4.78, 5) is 37.5. The summed E-state index contributed by atoms with van der Waals surface area (Å²) in [7, 11) is 1.23. The lowest BCUT2D eigenvalue weighted by Gasteiger charge is -2.21. The minimum Gasteiger partial charge on any atom is -0.507 e. The van der Waals surface area contributed by atoms with Gasteiger partial charge in [0, 0.05) is 22.9 Å². The molecule has 0 spiro atoms. The Bertz CT molecular complexity index is 2100. The number of hydrogen-bond donors (Lipinski definition) is 3. The first-order chi connectivity index (χ1) is 23.2. The summed E-state index contributed by atoms with van der Waals surface area (Å²) in [6.07, 6.45) is -4.92. The summed E-state index contributed by atoms with van der Waals surface area (Å²) in [5, 5.41) is 17.3. The van der Waals surface area contributed by atoms with Crippen molar-refractivity contribution in [1.29, 1.82) is 0 Å². The number of aromatic carboxylic acids is 1. The lowest BCUT2D eigenvalue weighted by Crippen LogP contribution is -2.44. The zero-order valence-electron chi connectivity index (χ0n) is 26.0. The highest BCUT2D eigenvalue weighted by Gasteiger charge is 2.35. The predicted octanol–water partition coefficient (Wildman–Crippen LogP) is 6.13. The van der Waals surface area contributed by atoms with E-state index in [4.69, 9.17) is 20.7 Å². The van der Waals surface area contributed by atoms with Crippen LogP contribution in [0.1, 0.15) is 38.8 Å². The number of hydrogen-bond acceptors (Lipinski definition) is 6. The molecule has 0 saturated carbocycles. The molecular weight excluding hydrogens is 653 g/mol. The summed E-state index contributed by atoms with van der Waals surface area (Å²) >= 11 is 0. The van der Waals surface area contributed by atoms with E-state index in [9.17, 15) is 31.9 Å². The van der Waals surface area contributed by atoms with Crippen LogP contribution in [0.5, 0.6) is 11.5 Å². The quantitative estimate of drug-likeness (QED) is 0.168. The molecule has 5 aromatic rings. The molecule has 4 N–H and O–H groups in total. The average molecular weight is 684 g/mol. The first-order valence-corrected chi connectivity index (χ1v) is 14.5. The fourth-order valence-corrected chi connectivity index (χ4v) is 5.12. The Labute approximate surface area is 275 Å². The molecule has 0 unspecified atom stereocenters. The van der Waals surface area contributed by atoms with E-state index in [1.807, 2.05) is 0 Å². The van der Waals surface area contributed by atoms with E-state index in [1.165, 1.54) is 44.4 Å². The van der Waals surface area contributed by atoms with E-state index >= 15 is 4.39 Å². The molecule has 1 heterocycles. The molecule has 0 aliphatic carbocycles. The van der Waals surface area contributed by atoms with E-state index < -0.39 is 58.7 Å². The molecular formula is C35H30F5N3O6. The third-order valence-corrected chi connectivity index (χ3v) is 7.62. The number of aromatic nitrogens is 2. The van der Waals surface area contributed by atoms with Gasteiger partial charge in [-0.25, -0.2) is 18.4 Å². The Kier molecular flexibility index (Phi) is 11.0. The second-order valence-electron chi connectivity index (χ2n) is 10.7. The summed E-state index contributed by atoms with van der Waals surface area (Å²) < 4.78 is 77.8. The van der Waals surface area contributed by atoms with Crippen LogP contribution in [0.15, 0.2) is 101 Å². The maximum Gasteiger partial charge on any atom is 0.416 e. The number of halogens is 5. The van der Waals surface area contributed by atoms with Crippen molar-refractivity contribution < 1.29 is 41.7 Å². The van der Waals surface area contributed by atoms with Crippen molar-refractivity contribution in [2.24, 2.45) is 5.73 Å². The first kappa shape index (κ1) is 36.1. The standard InChI is InChI=1S/C28H24F5N3O3.C7H6O3/c1-16-24(18-10-6-13-23(39-2)25(18)30)26(37)36(15-22(34)17-8-4-3-5-9-17)27(38)35(16)14-19-20(28(31,32)33)11-7-12-21(19)29;8-6-4-2-1-3-5(6)7(9)10/h3-13,22H,14-15,34H2,1-2H3;1-4,8H,(H,9,10)/t22-;/m0./s1. The molecule has 1 aromatic heterocycles. The number of ether oxygens (including phenoxy) is 1. The Hall–Kier alpha value is -5.76. The number of nitrogens with two attached hydrogens (primary N) is 1. The second-order valence-corrected chi connectivity index (χ2v) is 10.7. The third kappa shape index (κ3) is 7.87. The van der Waals surface area contributed by atoms with E-state index in [2.05, 4.69) is 0 Å². The van der Waals surface area contributed by atoms with E-state index in [0.29, 0.717) is 11.6 Å². The van der Waals surface area contributed by atoms with Gasteiger partial charge in [0.2, 0.25) is 0 Å². The molecule has 0 aliphatic rings. The molecule has 0 amide bonds. The first-order valence-electron chi connectivity index (χ1n) is 14.5. The normalized spacial score (nSPS) is 11.8. The van der Waals surface area contributed by atoms with Crippen molar-refractivity contribution in [3.8, 4) is 22.6 Å². The Balaban J connectivity index is 0.000000463. The summed E-state index contributed by atoms with van der Waals surface area (Å²) in [5.74, 6) is -3.60.